The van der Waals surface area contributed by atoms with Crippen LogP contribution in [0.3, 0.4) is 0 Å². The second-order valence-corrected chi connectivity index (χ2v) is 9.05. The smallest absolute Gasteiger partial charge is 0.428 e. The Labute approximate surface area is 220 Å². The van der Waals surface area contributed by atoms with Crippen LogP contribution in [0.4, 0.5) is 39.9 Å². The van der Waals surface area contributed by atoms with Crippen molar-refractivity contribution in [2.24, 2.45) is 0 Å². The van der Waals surface area contributed by atoms with Gasteiger partial charge < -0.3 is 15.4 Å². The van der Waals surface area contributed by atoms with Crippen LogP contribution in [0.5, 0.6) is 5.75 Å². The van der Waals surface area contributed by atoms with Gasteiger partial charge in [-0.05, 0) is 41.0 Å². The minimum atomic E-state index is -4.97. The van der Waals surface area contributed by atoms with Crippen LogP contribution in [-0.2, 0) is 12.0 Å². The zero-order chi connectivity index (χ0) is 28.1. The first kappa shape index (κ1) is 29.2. The lowest BCUT2D eigenvalue weighted by Crippen LogP contribution is -2.53. The molecular formula is C25H19BrF8N2O2. The van der Waals surface area contributed by atoms with Crippen LogP contribution in [-0.4, -0.2) is 31.3 Å². The molecule has 204 valence electrons. The first-order valence-electron chi connectivity index (χ1n) is 10.8. The molecule has 0 fully saturated rings. The van der Waals surface area contributed by atoms with Gasteiger partial charge in [0, 0.05) is 17.0 Å². The number of hydrogen-bond acceptors (Lipinski definition) is 2. The third-order valence-corrected chi connectivity index (χ3v) is 5.83. The van der Waals surface area contributed by atoms with E-state index in [2.05, 4.69) is 26.0 Å². The Morgan fingerprint density at radius 3 is 2.11 bits per heavy atom. The van der Waals surface area contributed by atoms with Gasteiger partial charge in [0.2, 0.25) is 0 Å². The fourth-order valence-electron chi connectivity index (χ4n) is 3.68. The summed E-state index contributed by atoms with van der Waals surface area (Å²) in [6.45, 7) is -1.70. The van der Waals surface area contributed by atoms with Crippen molar-refractivity contribution in [3.8, 4) is 5.75 Å². The highest BCUT2D eigenvalue weighted by atomic mass is 79.9. The summed E-state index contributed by atoms with van der Waals surface area (Å²) in [5.74, 6) is -2.17. The monoisotopic (exact) mass is 610 g/mol. The summed E-state index contributed by atoms with van der Waals surface area (Å²) < 4.78 is 110. The second kappa shape index (κ2) is 11.6. The summed E-state index contributed by atoms with van der Waals surface area (Å²) >= 11 is 3.24. The summed E-state index contributed by atoms with van der Waals surface area (Å²) in [6.07, 6.45) is -14.2. The van der Waals surface area contributed by atoms with Gasteiger partial charge in [-0.3, -0.25) is 0 Å². The lowest BCUT2D eigenvalue weighted by Gasteiger charge is -2.37. The van der Waals surface area contributed by atoms with Crippen LogP contribution >= 0.6 is 15.9 Å². The number of ether oxygens (including phenoxy) is 1. The SMILES string of the molecule is O=C(NCC(F)(F)F)N[C@](Cc1ccccc1)(c1ccc(Br)cc1)c1cc(F)cc(OC(F)(F)C(F)F)c1. The van der Waals surface area contributed by atoms with Crippen LogP contribution in [0.1, 0.15) is 16.7 Å². The molecule has 3 aromatic rings. The van der Waals surface area contributed by atoms with E-state index in [1.807, 2.05) is 0 Å². The van der Waals surface area contributed by atoms with Crippen LogP contribution in [0, 0.1) is 5.82 Å². The summed E-state index contributed by atoms with van der Waals surface area (Å²) in [5.41, 5.74) is -1.41. The number of halogens is 9. The molecule has 0 bridgehead atoms. The Morgan fingerprint density at radius 1 is 0.895 bits per heavy atom. The van der Waals surface area contributed by atoms with Gasteiger partial charge in [-0.25, -0.2) is 9.18 Å². The molecule has 0 saturated carbocycles. The van der Waals surface area contributed by atoms with Gasteiger partial charge in [0.05, 0.1) is 5.54 Å². The number of benzene rings is 3. The molecule has 3 aromatic carbocycles. The average Bonchev–Trinajstić information content (AvgIpc) is 2.82. The molecule has 4 nitrogen and oxygen atoms in total. The van der Waals surface area contributed by atoms with Crippen LogP contribution in [0.15, 0.2) is 77.3 Å². The lowest BCUT2D eigenvalue weighted by molar-refractivity contribution is -0.253. The van der Waals surface area contributed by atoms with E-state index < -0.39 is 48.4 Å². The highest BCUT2D eigenvalue weighted by Gasteiger charge is 2.45. The maximum atomic E-state index is 14.7. The zero-order valence-electron chi connectivity index (χ0n) is 19.1. The highest BCUT2D eigenvalue weighted by Crippen LogP contribution is 2.38. The average molecular weight is 611 g/mol. The first-order valence-corrected chi connectivity index (χ1v) is 11.6. The number of nitrogens with one attached hydrogen (secondary N) is 2. The number of alkyl halides is 7. The third kappa shape index (κ3) is 7.59. The number of rotatable bonds is 9. The maximum Gasteiger partial charge on any atom is 0.461 e. The predicted molar refractivity (Wildman–Crippen MR) is 126 cm³/mol. The van der Waals surface area contributed by atoms with E-state index in [4.69, 9.17) is 0 Å². The highest BCUT2D eigenvalue weighted by molar-refractivity contribution is 9.10. The Hall–Kier alpha value is -3.35. The van der Waals surface area contributed by atoms with E-state index in [-0.39, 0.29) is 17.5 Å². The Bertz CT molecular complexity index is 1240. The molecule has 3 rings (SSSR count). The van der Waals surface area contributed by atoms with Gasteiger partial charge >= 0.3 is 24.7 Å². The van der Waals surface area contributed by atoms with E-state index >= 15 is 0 Å². The van der Waals surface area contributed by atoms with Crippen LogP contribution in [0.2, 0.25) is 0 Å². The molecule has 1 atom stereocenters. The van der Waals surface area contributed by atoms with Gasteiger partial charge in [-0.15, -0.1) is 0 Å². The number of urea groups is 1. The van der Waals surface area contributed by atoms with Gasteiger partial charge in [0.15, 0.2) is 0 Å². The third-order valence-electron chi connectivity index (χ3n) is 5.30. The van der Waals surface area contributed by atoms with Crippen LogP contribution < -0.4 is 15.4 Å². The fraction of sp³-hybridized carbons (Fsp3) is 0.240. The molecule has 13 heteroatoms. The summed E-state index contributed by atoms with van der Waals surface area (Å²) in [4.78, 5) is 12.7. The number of carbonyl (C=O) groups excluding carboxylic acids is 1. The Kier molecular flexibility index (Phi) is 8.90. The lowest BCUT2D eigenvalue weighted by atomic mass is 9.78. The van der Waals surface area contributed by atoms with Crippen molar-refractivity contribution >= 4 is 22.0 Å². The molecule has 0 radical (unpaired) electrons. The number of amides is 2. The molecule has 2 amide bonds. The van der Waals surface area contributed by atoms with Crippen molar-refractivity contribution in [3.05, 3.63) is 99.8 Å². The van der Waals surface area contributed by atoms with Crippen molar-refractivity contribution in [3.63, 3.8) is 0 Å². The predicted octanol–water partition coefficient (Wildman–Crippen LogP) is 7.17. The molecule has 0 unspecified atom stereocenters. The summed E-state index contributed by atoms with van der Waals surface area (Å²) in [7, 11) is 0. The van der Waals surface area contributed by atoms with Crippen molar-refractivity contribution in [2.75, 3.05) is 6.54 Å². The topological polar surface area (TPSA) is 50.4 Å². The first-order chi connectivity index (χ1) is 17.7. The minimum Gasteiger partial charge on any atom is -0.428 e. The van der Waals surface area contributed by atoms with Gasteiger partial charge in [-0.2, -0.15) is 30.7 Å². The van der Waals surface area contributed by atoms with Crippen LogP contribution in [0.25, 0.3) is 0 Å². The quantitative estimate of drug-likeness (QED) is 0.252. The Morgan fingerprint density at radius 2 is 1.53 bits per heavy atom. The molecule has 0 aliphatic rings. The summed E-state index contributed by atoms with van der Waals surface area (Å²) in [5, 5.41) is 4.09. The van der Waals surface area contributed by atoms with Gasteiger partial charge in [0.25, 0.3) is 0 Å². The molecule has 0 aliphatic carbocycles. The molecule has 0 aliphatic heterocycles. The Balaban J connectivity index is 2.21. The van der Waals surface area contributed by atoms with Crippen molar-refractivity contribution in [1.82, 2.24) is 10.6 Å². The molecular weight excluding hydrogens is 592 g/mol. The number of hydrogen-bond donors (Lipinski definition) is 2. The normalized spacial score (nSPS) is 13.6. The molecule has 0 spiro atoms. The molecule has 0 saturated heterocycles. The molecule has 0 aromatic heterocycles. The summed E-state index contributed by atoms with van der Waals surface area (Å²) in [6, 6.07) is 15.0. The van der Waals surface area contributed by atoms with Gasteiger partial charge in [-0.1, -0.05) is 58.4 Å². The van der Waals surface area contributed by atoms with Crippen molar-refractivity contribution in [2.45, 2.75) is 30.7 Å². The van der Waals surface area contributed by atoms with E-state index in [0.717, 1.165) is 12.1 Å². The largest absolute Gasteiger partial charge is 0.461 e. The maximum absolute atomic E-state index is 14.7. The van der Waals surface area contributed by atoms with E-state index in [9.17, 15) is 39.9 Å². The van der Waals surface area contributed by atoms with E-state index in [1.54, 1.807) is 35.6 Å². The van der Waals surface area contributed by atoms with E-state index in [0.29, 0.717) is 16.1 Å². The molecule has 2 N–H and O–H groups in total. The molecule has 0 heterocycles. The second-order valence-electron chi connectivity index (χ2n) is 8.14. The molecule has 38 heavy (non-hydrogen) atoms. The van der Waals surface area contributed by atoms with Crippen molar-refractivity contribution < 1.29 is 44.7 Å². The number of carbonyl (C=O) groups is 1. The van der Waals surface area contributed by atoms with Gasteiger partial charge in [0.1, 0.15) is 18.1 Å². The minimum absolute atomic E-state index is 0.205. The van der Waals surface area contributed by atoms with Crippen molar-refractivity contribution in [1.29, 1.82) is 0 Å². The fourth-order valence-corrected chi connectivity index (χ4v) is 3.95. The standard InChI is InChI=1S/C25H19BrF8N2O2/c26-18-8-6-16(7-9-18)23(13-15-4-2-1-3-5-15,36-22(37)35-14-24(30,31)32)17-10-19(27)12-20(11-17)38-25(33,34)21(28)29/h1-12,21H,13-14H2,(H2,35,36,37)/t23-/m1/s1. The van der Waals surface area contributed by atoms with E-state index in [1.165, 1.54) is 24.3 Å². The zero-order valence-corrected chi connectivity index (χ0v) is 20.7.